The number of nitrogens with one attached hydrogen (secondary N) is 2. The third kappa shape index (κ3) is 5.29. The fraction of sp³-hybridized carbons (Fsp3) is 0.783. The first-order chi connectivity index (χ1) is 14.8. The van der Waals surface area contributed by atoms with Gasteiger partial charge < -0.3 is 15.4 Å². The predicted octanol–water partition coefficient (Wildman–Crippen LogP) is 2.10. The molecule has 0 bridgehead atoms. The Kier molecular flexibility index (Phi) is 6.67. The molecule has 0 aromatic carbocycles. The van der Waals surface area contributed by atoms with Crippen molar-refractivity contribution in [3.8, 4) is 0 Å². The van der Waals surface area contributed by atoms with Crippen LogP contribution in [0.3, 0.4) is 0 Å². The fourth-order valence-electron chi connectivity index (χ4n) is 5.35. The van der Waals surface area contributed by atoms with E-state index < -0.39 is 0 Å². The molecule has 4 rings (SSSR count). The van der Waals surface area contributed by atoms with Gasteiger partial charge in [-0.25, -0.2) is 0 Å². The number of hydrogen-bond donors (Lipinski definition) is 2. The summed E-state index contributed by atoms with van der Waals surface area (Å²) >= 11 is 0. The number of hydrogen-bond acceptors (Lipinski definition) is 5. The van der Waals surface area contributed by atoms with Crippen LogP contribution in [-0.4, -0.2) is 64.9 Å². The molecule has 1 aliphatic heterocycles. The van der Waals surface area contributed by atoms with E-state index in [1.165, 1.54) is 12.8 Å². The topological polar surface area (TPSA) is 88.5 Å². The van der Waals surface area contributed by atoms with Crippen molar-refractivity contribution < 1.29 is 14.3 Å². The van der Waals surface area contributed by atoms with Gasteiger partial charge in [-0.15, -0.1) is 0 Å². The van der Waals surface area contributed by atoms with E-state index in [0.717, 1.165) is 56.2 Å². The minimum Gasteiger partial charge on any atom is -0.376 e. The lowest BCUT2D eigenvalue weighted by molar-refractivity contribution is -0.122. The first-order valence-electron chi connectivity index (χ1n) is 11.8. The summed E-state index contributed by atoms with van der Waals surface area (Å²) in [5.74, 6) is 1.75. The van der Waals surface area contributed by atoms with Crippen LogP contribution in [0.2, 0.25) is 0 Å². The molecule has 0 unspecified atom stereocenters. The van der Waals surface area contributed by atoms with Crippen LogP contribution in [0.5, 0.6) is 0 Å². The van der Waals surface area contributed by atoms with Gasteiger partial charge in [0.2, 0.25) is 11.8 Å². The second kappa shape index (κ2) is 9.28. The number of carbonyl (C=O) groups excluding carboxylic acids is 2. The van der Waals surface area contributed by atoms with E-state index >= 15 is 0 Å². The van der Waals surface area contributed by atoms with Crippen LogP contribution in [0.1, 0.15) is 50.9 Å². The van der Waals surface area contributed by atoms with Gasteiger partial charge in [0.15, 0.2) is 0 Å². The first-order valence-corrected chi connectivity index (χ1v) is 11.8. The Morgan fingerprint density at radius 1 is 1.16 bits per heavy atom. The lowest BCUT2D eigenvalue weighted by Gasteiger charge is -2.38. The molecule has 8 heteroatoms. The van der Waals surface area contributed by atoms with E-state index in [2.05, 4.69) is 20.6 Å². The highest BCUT2D eigenvalue weighted by molar-refractivity contribution is 5.93. The third-order valence-electron chi connectivity index (χ3n) is 7.14. The molecular weight excluding hydrogens is 394 g/mol. The lowest BCUT2D eigenvalue weighted by atomic mass is 9.77. The number of fused-ring (bicyclic) bond motifs is 1. The van der Waals surface area contributed by atoms with E-state index in [4.69, 9.17) is 4.74 Å². The quantitative estimate of drug-likeness (QED) is 0.658. The fourth-order valence-corrected chi connectivity index (χ4v) is 5.35. The Morgan fingerprint density at radius 2 is 1.87 bits per heavy atom. The summed E-state index contributed by atoms with van der Waals surface area (Å²) in [7, 11) is 0. The number of amides is 2. The molecule has 2 aliphatic carbocycles. The van der Waals surface area contributed by atoms with Crippen molar-refractivity contribution in [1.29, 1.82) is 0 Å². The molecule has 172 valence electrons. The van der Waals surface area contributed by atoms with Gasteiger partial charge in [-0.3, -0.25) is 19.2 Å². The molecular formula is C23H37N5O3. The van der Waals surface area contributed by atoms with Crippen LogP contribution < -0.4 is 10.6 Å². The van der Waals surface area contributed by atoms with Crippen LogP contribution in [-0.2, 0) is 20.9 Å². The SMILES string of the molecule is CCn1nc(C)c(NC(=O)CN2C[C@H]3C[C@@H](NC(C)=O)[C@H](OCC4CC4)C[C@H]3C2)c1C. The van der Waals surface area contributed by atoms with Crippen LogP contribution in [0.15, 0.2) is 0 Å². The molecule has 4 atom stereocenters. The summed E-state index contributed by atoms with van der Waals surface area (Å²) in [4.78, 5) is 26.7. The van der Waals surface area contributed by atoms with Crippen LogP contribution in [0, 0.1) is 31.6 Å². The number of ether oxygens (including phenoxy) is 1. The normalized spacial score (nSPS) is 28.4. The Bertz CT molecular complexity index is 818. The van der Waals surface area contributed by atoms with Gasteiger partial charge >= 0.3 is 0 Å². The zero-order valence-corrected chi connectivity index (χ0v) is 19.3. The molecule has 2 saturated carbocycles. The summed E-state index contributed by atoms with van der Waals surface area (Å²) in [6, 6.07) is 0.0801. The molecule has 1 aromatic rings. The molecule has 2 N–H and O–H groups in total. The molecule has 8 nitrogen and oxygen atoms in total. The van der Waals surface area contributed by atoms with Gasteiger partial charge in [0.25, 0.3) is 0 Å². The second-order valence-electron chi connectivity index (χ2n) is 9.72. The Labute approximate surface area is 185 Å². The molecule has 31 heavy (non-hydrogen) atoms. The largest absolute Gasteiger partial charge is 0.376 e. The number of carbonyl (C=O) groups is 2. The number of rotatable bonds is 8. The molecule has 3 aliphatic rings. The molecule has 1 saturated heterocycles. The van der Waals surface area contributed by atoms with E-state index in [9.17, 15) is 9.59 Å². The summed E-state index contributed by atoms with van der Waals surface area (Å²) in [5, 5.41) is 10.7. The second-order valence-corrected chi connectivity index (χ2v) is 9.72. The zero-order chi connectivity index (χ0) is 22.1. The van der Waals surface area contributed by atoms with Crippen LogP contribution in [0.4, 0.5) is 5.69 Å². The number of aryl methyl sites for hydroxylation is 2. The maximum Gasteiger partial charge on any atom is 0.238 e. The van der Waals surface area contributed by atoms with Crippen molar-refractivity contribution in [3.05, 3.63) is 11.4 Å². The van der Waals surface area contributed by atoms with Crippen molar-refractivity contribution in [2.75, 3.05) is 31.6 Å². The molecule has 1 aromatic heterocycles. The van der Waals surface area contributed by atoms with Gasteiger partial charge in [0.1, 0.15) is 0 Å². The summed E-state index contributed by atoms with van der Waals surface area (Å²) in [6.07, 6.45) is 4.51. The molecule has 2 heterocycles. The van der Waals surface area contributed by atoms with Gasteiger partial charge in [-0.1, -0.05) is 0 Å². The number of aromatic nitrogens is 2. The van der Waals surface area contributed by atoms with Gasteiger partial charge in [-0.2, -0.15) is 5.10 Å². The van der Waals surface area contributed by atoms with Gasteiger partial charge in [0, 0.05) is 33.2 Å². The molecule has 0 radical (unpaired) electrons. The van der Waals surface area contributed by atoms with Crippen molar-refractivity contribution in [2.24, 2.45) is 17.8 Å². The third-order valence-corrected chi connectivity index (χ3v) is 7.14. The highest BCUT2D eigenvalue weighted by Crippen LogP contribution is 2.39. The van der Waals surface area contributed by atoms with Crippen LogP contribution >= 0.6 is 0 Å². The Balaban J connectivity index is 1.33. The predicted molar refractivity (Wildman–Crippen MR) is 119 cm³/mol. The summed E-state index contributed by atoms with van der Waals surface area (Å²) < 4.78 is 8.16. The van der Waals surface area contributed by atoms with Crippen molar-refractivity contribution in [1.82, 2.24) is 20.0 Å². The van der Waals surface area contributed by atoms with E-state index in [0.29, 0.717) is 24.3 Å². The zero-order valence-electron chi connectivity index (χ0n) is 19.3. The van der Waals surface area contributed by atoms with E-state index in [-0.39, 0.29) is 24.0 Å². The average molecular weight is 432 g/mol. The summed E-state index contributed by atoms with van der Waals surface area (Å²) in [6.45, 7) is 11.4. The first kappa shape index (κ1) is 22.3. The van der Waals surface area contributed by atoms with Crippen molar-refractivity contribution in [2.45, 2.75) is 72.1 Å². The van der Waals surface area contributed by atoms with Crippen molar-refractivity contribution in [3.63, 3.8) is 0 Å². The highest BCUT2D eigenvalue weighted by Gasteiger charge is 2.43. The molecule has 3 fully saturated rings. The Hall–Kier alpha value is -1.93. The van der Waals surface area contributed by atoms with E-state index in [1.807, 2.05) is 25.5 Å². The lowest BCUT2D eigenvalue weighted by Crippen LogP contribution is -2.50. The van der Waals surface area contributed by atoms with Gasteiger partial charge in [0.05, 0.1) is 35.8 Å². The number of nitrogens with zero attached hydrogens (tertiary/aromatic N) is 3. The molecule has 2 amide bonds. The summed E-state index contributed by atoms with van der Waals surface area (Å²) in [5.41, 5.74) is 2.69. The highest BCUT2D eigenvalue weighted by atomic mass is 16.5. The maximum atomic E-state index is 12.8. The average Bonchev–Trinajstić information content (AvgIpc) is 3.40. The minimum atomic E-state index is 0.0102. The van der Waals surface area contributed by atoms with Crippen molar-refractivity contribution >= 4 is 17.5 Å². The molecule has 0 spiro atoms. The number of anilines is 1. The standard InChI is InChI=1S/C23H37N5O3/c1-5-28-15(3)23(14(2)26-28)25-22(30)12-27-10-18-8-20(24-16(4)29)21(9-19(18)11-27)31-13-17-6-7-17/h17-21H,5-13H2,1-4H3,(H,24,29)(H,25,30)/t18-,19+,20-,21-/m1/s1. The van der Waals surface area contributed by atoms with E-state index in [1.54, 1.807) is 6.92 Å². The van der Waals surface area contributed by atoms with Crippen LogP contribution in [0.25, 0.3) is 0 Å². The smallest absolute Gasteiger partial charge is 0.238 e. The minimum absolute atomic E-state index is 0.0102. The number of likely N-dealkylation sites (tertiary alicyclic amines) is 1. The monoisotopic (exact) mass is 431 g/mol. The maximum absolute atomic E-state index is 12.8. The Morgan fingerprint density at radius 3 is 2.48 bits per heavy atom. The van der Waals surface area contributed by atoms with Gasteiger partial charge in [-0.05, 0) is 64.2 Å².